The SMILES string of the molecule is CC/C=C\C(C)(CCN=C(C=N)c1ccoc1)N[C@H](CO)c1ccccc1. The molecule has 1 aromatic carbocycles. The largest absolute Gasteiger partial charge is 0.472 e. The lowest BCUT2D eigenvalue weighted by Crippen LogP contribution is -2.44. The van der Waals surface area contributed by atoms with E-state index < -0.39 is 0 Å². The molecule has 1 aromatic heterocycles. The van der Waals surface area contributed by atoms with Crippen LogP contribution < -0.4 is 5.32 Å². The third-order valence-electron chi connectivity index (χ3n) is 4.48. The van der Waals surface area contributed by atoms with Gasteiger partial charge in [-0.05, 0) is 31.4 Å². The number of hydrogen-bond acceptors (Lipinski definition) is 5. The summed E-state index contributed by atoms with van der Waals surface area (Å²) >= 11 is 0. The van der Waals surface area contributed by atoms with Crippen molar-refractivity contribution in [3.8, 4) is 0 Å². The number of aliphatic hydroxyl groups excluding tert-OH is 1. The van der Waals surface area contributed by atoms with E-state index in [1.54, 1.807) is 18.6 Å². The second-order valence-electron chi connectivity index (χ2n) is 6.69. The summed E-state index contributed by atoms with van der Waals surface area (Å²) < 4.78 is 5.08. The van der Waals surface area contributed by atoms with Crippen LogP contribution in [0.15, 0.2) is 70.5 Å². The zero-order valence-electron chi connectivity index (χ0n) is 16.1. The highest BCUT2D eigenvalue weighted by Crippen LogP contribution is 2.21. The second kappa shape index (κ2) is 10.6. The van der Waals surface area contributed by atoms with Gasteiger partial charge in [0.25, 0.3) is 0 Å². The van der Waals surface area contributed by atoms with Crippen molar-refractivity contribution in [2.24, 2.45) is 4.99 Å². The zero-order valence-corrected chi connectivity index (χ0v) is 16.1. The molecule has 0 saturated heterocycles. The van der Waals surface area contributed by atoms with Gasteiger partial charge in [0.15, 0.2) is 0 Å². The summed E-state index contributed by atoms with van der Waals surface area (Å²) in [5.74, 6) is 0. The molecule has 2 aromatic rings. The van der Waals surface area contributed by atoms with Gasteiger partial charge in [0.1, 0.15) is 0 Å². The minimum atomic E-state index is -0.327. The number of rotatable bonds is 11. The van der Waals surface area contributed by atoms with Crippen molar-refractivity contribution in [1.29, 1.82) is 5.41 Å². The van der Waals surface area contributed by atoms with E-state index in [0.717, 1.165) is 24.0 Å². The van der Waals surface area contributed by atoms with Crippen molar-refractivity contribution in [3.63, 3.8) is 0 Å². The lowest BCUT2D eigenvalue weighted by molar-refractivity contribution is 0.217. The van der Waals surface area contributed by atoms with Crippen molar-refractivity contribution < 1.29 is 9.52 Å². The van der Waals surface area contributed by atoms with Gasteiger partial charge < -0.3 is 14.9 Å². The van der Waals surface area contributed by atoms with Crippen molar-refractivity contribution in [1.82, 2.24) is 5.32 Å². The smallest absolute Gasteiger partial charge is 0.0997 e. The minimum absolute atomic E-state index is 0.0175. The molecule has 27 heavy (non-hydrogen) atoms. The summed E-state index contributed by atoms with van der Waals surface area (Å²) in [5.41, 5.74) is 2.14. The molecule has 144 valence electrons. The van der Waals surface area contributed by atoms with E-state index in [2.05, 4.69) is 36.3 Å². The van der Waals surface area contributed by atoms with Crippen molar-refractivity contribution in [3.05, 3.63) is 72.2 Å². The molecule has 0 amide bonds. The summed E-state index contributed by atoms with van der Waals surface area (Å²) in [6, 6.07) is 11.6. The van der Waals surface area contributed by atoms with Gasteiger partial charge >= 0.3 is 0 Å². The monoisotopic (exact) mass is 367 g/mol. The molecule has 1 unspecified atom stereocenters. The Morgan fingerprint density at radius 1 is 1.33 bits per heavy atom. The van der Waals surface area contributed by atoms with Crippen LogP contribution in [0.1, 0.15) is 43.9 Å². The maximum Gasteiger partial charge on any atom is 0.0997 e. The van der Waals surface area contributed by atoms with Crippen LogP contribution in [0.25, 0.3) is 0 Å². The first-order chi connectivity index (χ1) is 13.1. The van der Waals surface area contributed by atoms with E-state index in [0.29, 0.717) is 12.3 Å². The molecule has 1 heterocycles. The van der Waals surface area contributed by atoms with Gasteiger partial charge in [-0.3, -0.25) is 10.3 Å². The van der Waals surface area contributed by atoms with Crippen LogP contribution in [-0.4, -0.2) is 35.7 Å². The third kappa shape index (κ3) is 6.31. The predicted octanol–water partition coefficient (Wildman–Crippen LogP) is 4.16. The van der Waals surface area contributed by atoms with Crippen molar-refractivity contribution in [2.75, 3.05) is 13.2 Å². The molecule has 0 bridgehead atoms. The first-order valence-corrected chi connectivity index (χ1v) is 9.30. The van der Waals surface area contributed by atoms with E-state index in [4.69, 9.17) is 9.83 Å². The molecule has 5 heteroatoms. The molecule has 2 atom stereocenters. The number of nitrogens with one attached hydrogen (secondary N) is 2. The molecule has 0 fully saturated rings. The molecule has 0 radical (unpaired) electrons. The van der Waals surface area contributed by atoms with E-state index in [9.17, 15) is 5.11 Å². The molecule has 0 saturated carbocycles. The van der Waals surface area contributed by atoms with Crippen molar-refractivity contribution in [2.45, 2.75) is 38.3 Å². The highest BCUT2D eigenvalue weighted by molar-refractivity contribution is 6.37. The average Bonchev–Trinajstić information content (AvgIpc) is 3.23. The van der Waals surface area contributed by atoms with E-state index in [1.807, 2.05) is 30.3 Å². The Morgan fingerprint density at radius 2 is 2.11 bits per heavy atom. The van der Waals surface area contributed by atoms with Gasteiger partial charge in [-0.2, -0.15) is 0 Å². The fourth-order valence-corrected chi connectivity index (χ4v) is 2.94. The summed E-state index contributed by atoms with van der Waals surface area (Å²) in [5, 5.41) is 21.0. The number of hydrogen-bond donors (Lipinski definition) is 3. The number of furan rings is 1. The maximum atomic E-state index is 9.89. The predicted molar refractivity (Wildman–Crippen MR) is 111 cm³/mol. The summed E-state index contributed by atoms with van der Waals surface area (Å²) in [6.07, 6.45) is 10.4. The zero-order chi connectivity index (χ0) is 19.5. The summed E-state index contributed by atoms with van der Waals surface area (Å²) in [7, 11) is 0. The van der Waals surface area contributed by atoms with Crippen LogP contribution in [0.3, 0.4) is 0 Å². The first kappa shape index (κ1) is 20.8. The van der Waals surface area contributed by atoms with Crippen LogP contribution in [0.5, 0.6) is 0 Å². The standard InChI is InChI=1S/C22H29N3O2/c1-3-4-11-22(2,25-21(16-26)18-8-6-5-7-9-18)12-13-24-20(15-23)19-10-14-27-17-19/h4-11,14-15,17,21,23,25-26H,3,12-13,16H2,1-2H3/b11-4-,23-15?,24-20?/t21-,22?/m1/s1. The van der Waals surface area contributed by atoms with Gasteiger partial charge in [-0.15, -0.1) is 0 Å². The fraction of sp³-hybridized carbons (Fsp3) is 0.364. The topological polar surface area (TPSA) is 81.6 Å². The molecule has 0 aliphatic carbocycles. The minimum Gasteiger partial charge on any atom is -0.472 e. The normalized spacial score (nSPS) is 15.6. The van der Waals surface area contributed by atoms with Gasteiger partial charge in [0, 0.05) is 23.9 Å². The Bertz CT molecular complexity index is 738. The fourth-order valence-electron chi connectivity index (χ4n) is 2.94. The summed E-state index contributed by atoms with van der Waals surface area (Å²) in [4.78, 5) is 4.56. The average molecular weight is 367 g/mol. The molecule has 3 N–H and O–H groups in total. The number of aliphatic imine (C=N–C) groups is 1. The Morgan fingerprint density at radius 3 is 2.70 bits per heavy atom. The summed E-state index contributed by atoms with van der Waals surface area (Å²) in [6.45, 7) is 4.79. The van der Waals surface area contributed by atoms with Gasteiger partial charge in [0.05, 0.1) is 30.9 Å². The molecule has 0 spiro atoms. The van der Waals surface area contributed by atoms with Crippen molar-refractivity contribution >= 4 is 11.9 Å². The molecule has 2 rings (SSSR count). The second-order valence-corrected chi connectivity index (χ2v) is 6.69. The lowest BCUT2D eigenvalue weighted by atomic mass is 9.93. The highest BCUT2D eigenvalue weighted by Gasteiger charge is 2.25. The Hall–Kier alpha value is -2.50. The molecule has 0 aliphatic heterocycles. The first-order valence-electron chi connectivity index (χ1n) is 9.30. The van der Waals surface area contributed by atoms with Crippen LogP contribution in [0.2, 0.25) is 0 Å². The number of nitrogens with zero attached hydrogens (tertiary/aromatic N) is 1. The quantitative estimate of drug-likeness (QED) is 0.412. The van der Waals surface area contributed by atoms with Crippen LogP contribution in [0.4, 0.5) is 0 Å². The van der Waals surface area contributed by atoms with Gasteiger partial charge in [0.2, 0.25) is 0 Å². The number of allylic oxidation sites excluding steroid dienone is 1. The molecule has 0 aliphatic rings. The van der Waals surface area contributed by atoms with Gasteiger partial charge in [-0.25, -0.2) is 0 Å². The van der Waals surface area contributed by atoms with Crippen LogP contribution >= 0.6 is 0 Å². The van der Waals surface area contributed by atoms with E-state index in [-0.39, 0.29) is 18.2 Å². The lowest BCUT2D eigenvalue weighted by Gasteiger charge is -2.32. The number of aliphatic hydroxyl groups is 1. The third-order valence-corrected chi connectivity index (χ3v) is 4.48. The Balaban J connectivity index is 2.12. The van der Waals surface area contributed by atoms with Crippen LogP contribution in [0, 0.1) is 5.41 Å². The van der Waals surface area contributed by atoms with E-state index in [1.165, 1.54) is 6.21 Å². The molecule has 5 nitrogen and oxygen atoms in total. The maximum absolute atomic E-state index is 9.89. The van der Waals surface area contributed by atoms with Crippen LogP contribution in [-0.2, 0) is 0 Å². The van der Waals surface area contributed by atoms with Gasteiger partial charge in [-0.1, -0.05) is 49.4 Å². The van der Waals surface area contributed by atoms with E-state index >= 15 is 0 Å². The highest BCUT2D eigenvalue weighted by atomic mass is 16.3. The number of benzene rings is 1. The Kier molecular flexibility index (Phi) is 8.17. The molecular weight excluding hydrogens is 338 g/mol. The molecular formula is C22H29N3O2. The Labute approximate surface area is 161 Å².